The first-order valence-electron chi connectivity index (χ1n) is 14.1. The third kappa shape index (κ3) is 6.77. The summed E-state index contributed by atoms with van der Waals surface area (Å²) in [5.74, 6) is -0.317. The average molecular weight is 560 g/mol. The zero-order valence-electron chi connectivity index (χ0n) is 23.6. The molecule has 0 saturated carbocycles. The summed E-state index contributed by atoms with van der Waals surface area (Å²) < 4.78 is 8.01. The van der Waals surface area contributed by atoms with Crippen molar-refractivity contribution in [1.82, 2.24) is 25.3 Å². The maximum absolute atomic E-state index is 13.8. The van der Waals surface area contributed by atoms with Crippen molar-refractivity contribution in [3.8, 4) is 11.5 Å². The molecular formula is C31H37N5O5. The quantitative estimate of drug-likeness (QED) is 0.451. The molecule has 1 atom stereocenters. The van der Waals surface area contributed by atoms with E-state index in [1.54, 1.807) is 24.3 Å². The van der Waals surface area contributed by atoms with E-state index in [-0.39, 0.29) is 25.3 Å². The van der Waals surface area contributed by atoms with E-state index in [2.05, 4.69) is 27.6 Å². The summed E-state index contributed by atoms with van der Waals surface area (Å²) in [5, 5.41) is 19.6. The number of carbonyl (C=O) groups is 3. The Labute approximate surface area is 239 Å². The highest BCUT2D eigenvalue weighted by Crippen LogP contribution is 2.37. The van der Waals surface area contributed by atoms with Crippen LogP contribution in [0, 0.1) is 12.3 Å². The van der Waals surface area contributed by atoms with Crippen LogP contribution in [-0.2, 0) is 40.8 Å². The Morgan fingerprint density at radius 2 is 1.85 bits per heavy atom. The first-order chi connectivity index (χ1) is 19.7. The van der Waals surface area contributed by atoms with Crippen molar-refractivity contribution in [3.05, 3.63) is 77.1 Å². The summed E-state index contributed by atoms with van der Waals surface area (Å²) >= 11 is 0. The number of likely N-dealkylation sites (tertiary alicyclic amines) is 1. The minimum absolute atomic E-state index is 0.000244. The van der Waals surface area contributed by atoms with E-state index in [1.165, 1.54) is 5.69 Å². The Balaban J connectivity index is 1.39. The molecule has 4 heterocycles. The third-order valence-electron chi connectivity index (χ3n) is 8.25. The molecule has 0 unspecified atom stereocenters. The molecule has 3 aromatic rings. The van der Waals surface area contributed by atoms with Gasteiger partial charge in [0, 0.05) is 33.0 Å². The van der Waals surface area contributed by atoms with Crippen LogP contribution in [0.1, 0.15) is 41.6 Å². The molecule has 3 N–H and O–H groups in total. The molecule has 216 valence electrons. The van der Waals surface area contributed by atoms with Gasteiger partial charge in [0.25, 0.3) is 0 Å². The Morgan fingerprint density at radius 1 is 1.10 bits per heavy atom. The largest absolute Gasteiger partial charge is 0.480 e. The maximum Gasteiger partial charge on any atom is 0.326 e. The van der Waals surface area contributed by atoms with Crippen LogP contribution >= 0.6 is 0 Å². The summed E-state index contributed by atoms with van der Waals surface area (Å²) in [7, 11) is 1.95. The first-order valence-corrected chi connectivity index (χ1v) is 14.1. The van der Waals surface area contributed by atoms with Gasteiger partial charge in [-0.3, -0.25) is 19.2 Å². The van der Waals surface area contributed by atoms with Crippen LogP contribution in [0.5, 0.6) is 11.5 Å². The fourth-order valence-electron chi connectivity index (χ4n) is 5.75. The number of aromatic nitrogens is 2. The topological polar surface area (TPSA) is 126 Å². The highest BCUT2D eigenvalue weighted by molar-refractivity contribution is 5.86. The predicted molar refractivity (Wildman–Crippen MR) is 152 cm³/mol. The second-order valence-corrected chi connectivity index (χ2v) is 11.2. The Hall–Kier alpha value is -4.18. The average Bonchev–Trinajstić information content (AvgIpc) is 3.26. The molecule has 1 spiro atoms. The number of hydrogen-bond acceptors (Lipinski definition) is 6. The normalized spacial score (nSPS) is 20.0. The number of amides is 2. The number of benzene rings is 2. The van der Waals surface area contributed by atoms with Gasteiger partial charge in [0.1, 0.15) is 17.5 Å². The minimum Gasteiger partial charge on any atom is -0.480 e. The number of nitrogens with one attached hydrogen (secondary N) is 2. The highest BCUT2D eigenvalue weighted by atomic mass is 16.5. The highest BCUT2D eigenvalue weighted by Gasteiger charge is 2.41. The lowest BCUT2D eigenvalue weighted by Gasteiger charge is -2.41. The number of aryl methyl sites for hydroxylation is 2. The molecule has 0 radical (unpaired) electrons. The summed E-state index contributed by atoms with van der Waals surface area (Å²) in [6.07, 6.45) is 3.88. The van der Waals surface area contributed by atoms with Crippen LogP contribution in [0.3, 0.4) is 0 Å². The van der Waals surface area contributed by atoms with Crippen molar-refractivity contribution < 1.29 is 24.2 Å². The molecule has 2 aromatic carbocycles. The zero-order valence-corrected chi connectivity index (χ0v) is 23.6. The molecule has 3 aliphatic rings. The SMILES string of the molecule is Cc1cnn(C)c1CN1CCC2(CC1)Cc1cccc(c1)Oc1ccc(cc1)C[C@@H](C(=O)O)NC(=O)CCNC2=O. The molecule has 6 rings (SSSR count). The molecule has 4 bridgehead atoms. The number of piperidine rings is 1. The van der Waals surface area contributed by atoms with Gasteiger partial charge in [-0.25, -0.2) is 4.79 Å². The summed E-state index contributed by atoms with van der Waals surface area (Å²) in [6.45, 7) is 4.47. The van der Waals surface area contributed by atoms with Crippen molar-refractivity contribution >= 4 is 17.8 Å². The summed E-state index contributed by atoms with van der Waals surface area (Å²) in [6, 6.07) is 13.9. The Bertz CT molecular complexity index is 1390. The number of rotatable bonds is 3. The van der Waals surface area contributed by atoms with Gasteiger partial charge in [0.2, 0.25) is 11.8 Å². The number of aliphatic carboxylic acids is 1. The van der Waals surface area contributed by atoms with E-state index in [1.807, 2.05) is 42.2 Å². The number of fused-ring (bicyclic) bond motifs is 9. The van der Waals surface area contributed by atoms with Crippen molar-refractivity contribution in [2.24, 2.45) is 12.5 Å². The van der Waals surface area contributed by atoms with E-state index < -0.39 is 23.3 Å². The van der Waals surface area contributed by atoms with E-state index in [4.69, 9.17) is 4.74 Å². The van der Waals surface area contributed by atoms with E-state index in [0.29, 0.717) is 30.8 Å². The molecule has 1 aromatic heterocycles. The fraction of sp³-hybridized carbons (Fsp3) is 0.419. The molecule has 10 nitrogen and oxygen atoms in total. The molecule has 41 heavy (non-hydrogen) atoms. The number of ether oxygens (including phenoxy) is 1. The second-order valence-electron chi connectivity index (χ2n) is 11.2. The molecule has 0 aliphatic carbocycles. The van der Waals surface area contributed by atoms with E-state index in [0.717, 1.165) is 36.3 Å². The van der Waals surface area contributed by atoms with Crippen LogP contribution in [0.2, 0.25) is 0 Å². The molecular weight excluding hydrogens is 522 g/mol. The Kier molecular flexibility index (Phi) is 8.39. The van der Waals surface area contributed by atoms with Gasteiger partial charge in [-0.2, -0.15) is 5.10 Å². The molecule has 2 amide bonds. The van der Waals surface area contributed by atoms with Gasteiger partial charge >= 0.3 is 5.97 Å². The van der Waals surface area contributed by atoms with E-state index in [9.17, 15) is 19.5 Å². The molecule has 1 saturated heterocycles. The number of carbonyl (C=O) groups excluding carboxylic acids is 2. The summed E-state index contributed by atoms with van der Waals surface area (Å²) in [5.41, 5.74) is 3.44. The lowest BCUT2D eigenvalue weighted by Crippen LogP contribution is -2.50. The van der Waals surface area contributed by atoms with Gasteiger partial charge in [-0.15, -0.1) is 0 Å². The van der Waals surface area contributed by atoms with Crippen molar-refractivity contribution in [2.75, 3.05) is 19.6 Å². The third-order valence-corrected chi connectivity index (χ3v) is 8.25. The van der Waals surface area contributed by atoms with Crippen LogP contribution in [0.4, 0.5) is 0 Å². The van der Waals surface area contributed by atoms with Gasteiger partial charge in [0.15, 0.2) is 0 Å². The van der Waals surface area contributed by atoms with Crippen LogP contribution in [0.15, 0.2) is 54.7 Å². The van der Waals surface area contributed by atoms with Gasteiger partial charge in [-0.1, -0.05) is 24.3 Å². The van der Waals surface area contributed by atoms with Crippen LogP contribution in [0.25, 0.3) is 0 Å². The standard InChI is InChI=1S/C31H37N5O5/c1-21-19-33-35(2)27(21)20-36-14-11-31(12-15-36)18-23-4-3-5-25(16-23)41-24-8-6-22(7-9-24)17-26(29(38)39)34-28(37)10-13-32-30(31)40/h3-9,16,19,26H,10-15,17-18,20H2,1-2H3,(H,32,40)(H,34,37)(H,38,39)/t26-/m0/s1. The number of carboxylic acids is 1. The summed E-state index contributed by atoms with van der Waals surface area (Å²) in [4.78, 5) is 40.6. The van der Waals surface area contributed by atoms with Gasteiger partial charge in [0.05, 0.1) is 17.3 Å². The lowest BCUT2D eigenvalue weighted by atomic mass is 9.72. The van der Waals surface area contributed by atoms with Gasteiger partial charge < -0.3 is 20.5 Å². The lowest BCUT2D eigenvalue weighted by molar-refractivity contribution is -0.142. The zero-order chi connectivity index (χ0) is 29.0. The molecule has 10 heteroatoms. The molecule has 1 fully saturated rings. The van der Waals surface area contributed by atoms with E-state index >= 15 is 0 Å². The second kappa shape index (κ2) is 12.1. The number of carboxylic acid groups (broad SMARTS) is 1. The van der Waals surface area contributed by atoms with Gasteiger partial charge in [-0.05, 0) is 80.2 Å². The first kappa shape index (κ1) is 28.4. The Morgan fingerprint density at radius 3 is 2.54 bits per heavy atom. The van der Waals surface area contributed by atoms with Crippen molar-refractivity contribution in [1.29, 1.82) is 0 Å². The number of hydrogen-bond donors (Lipinski definition) is 3. The number of nitrogens with zero attached hydrogens (tertiary/aromatic N) is 3. The monoisotopic (exact) mass is 559 g/mol. The smallest absolute Gasteiger partial charge is 0.326 e. The van der Waals surface area contributed by atoms with Crippen molar-refractivity contribution in [3.63, 3.8) is 0 Å². The predicted octanol–water partition coefficient (Wildman–Crippen LogP) is 2.98. The fourth-order valence-corrected chi connectivity index (χ4v) is 5.75. The van der Waals surface area contributed by atoms with Crippen LogP contribution in [-0.4, -0.2) is 63.2 Å². The minimum atomic E-state index is -1.11. The van der Waals surface area contributed by atoms with Crippen LogP contribution < -0.4 is 15.4 Å². The van der Waals surface area contributed by atoms with Crippen molar-refractivity contribution in [2.45, 2.75) is 51.6 Å². The maximum atomic E-state index is 13.8. The molecule has 3 aliphatic heterocycles.